The van der Waals surface area contributed by atoms with Crippen molar-refractivity contribution in [1.82, 2.24) is 14.5 Å². The highest BCUT2D eigenvalue weighted by atomic mass is 15.2. The Morgan fingerprint density at radius 1 is 1.40 bits per heavy atom. The molecule has 0 aliphatic carbocycles. The Bertz CT molecular complexity index is 479. The molecule has 2 aromatic rings. The summed E-state index contributed by atoms with van der Waals surface area (Å²) in [4.78, 5) is 8.58. The first-order valence-electron chi connectivity index (χ1n) is 5.04. The standard InChI is InChI=1S/C11H16N4/c1-11(2,3)7-15-9-8(14-10(15)12)5-4-6-13-9/h4-6H,7H2,1-3H3,(H2,12,14). The van der Waals surface area contributed by atoms with E-state index < -0.39 is 0 Å². The number of nitrogens with zero attached hydrogens (tertiary/aromatic N) is 3. The van der Waals surface area contributed by atoms with E-state index in [1.54, 1.807) is 6.20 Å². The monoisotopic (exact) mass is 204 g/mol. The number of hydrogen-bond acceptors (Lipinski definition) is 3. The van der Waals surface area contributed by atoms with Gasteiger partial charge in [0, 0.05) is 12.7 Å². The molecule has 4 heteroatoms. The van der Waals surface area contributed by atoms with E-state index in [4.69, 9.17) is 5.73 Å². The van der Waals surface area contributed by atoms with Crippen molar-refractivity contribution in [2.75, 3.05) is 5.73 Å². The molecule has 80 valence electrons. The Morgan fingerprint density at radius 3 is 2.80 bits per heavy atom. The molecule has 0 fully saturated rings. The normalized spacial score (nSPS) is 12.2. The predicted octanol–water partition coefficient (Wildman–Crippen LogP) is 2.06. The largest absolute Gasteiger partial charge is 0.369 e. The van der Waals surface area contributed by atoms with E-state index in [9.17, 15) is 0 Å². The highest BCUT2D eigenvalue weighted by Crippen LogP contribution is 2.22. The molecule has 0 saturated heterocycles. The van der Waals surface area contributed by atoms with Crippen molar-refractivity contribution >= 4 is 17.1 Å². The van der Waals surface area contributed by atoms with Crippen molar-refractivity contribution in [2.45, 2.75) is 27.3 Å². The van der Waals surface area contributed by atoms with Crippen LogP contribution in [0.3, 0.4) is 0 Å². The molecule has 0 unspecified atom stereocenters. The molecular formula is C11H16N4. The lowest BCUT2D eigenvalue weighted by Gasteiger charge is -2.19. The number of aromatic nitrogens is 3. The van der Waals surface area contributed by atoms with Crippen molar-refractivity contribution in [3.8, 4) is 0 Å². The van der Waals surface area contributed by atoms with Crippen LogP contribution in [-0.2, 0) is 6.54 Å². The fourth-order valence-electron chi connectivity index (χ4n) is 1.61. The van der Waals surface area contributed by atoms with E-state index in [-0.39, 0.29) is 5.41 Å². The molecule has 0 bridgehead atoms. The van der Waals surface area contributed by atoms with E-state index in [0.29, 0.717) is 5.95 Å². The molecule has 0 saturated carbocycles. The molecule has 15 heavy (non-hydrogen) atoms. The molecule has 2 heterocycles. The second kappa shape index (κ2) is 3.22. The Morgan fingerprint density at radius 2 is 2.13 bits per heavy atom. The second-order valence-electron chi connectivity index (χ2n) is 4.96. The summed E-state index contributed by atoms with van der Waals surface area (Å²) in [6.07, 6.45) is 1.77. The maximum atomic E-state index is 5.87. The SMILES string of the molecule is CC(C)(C)Cn1c(N)nc2cccnc21. The van der Waals surface area contributed by atoms with Crippen LogP contribution in [0.5, 0.6) is 0 Å². The van der Waals surface area contributed by atoms with Crippen LogP contribution in [0.25, 0.3) is 11.2 Å². The Hall–Kier alpha value is -1.58. The van der Waals surface area contributed by atoms with Crippen molar-refractivity contribution in [1.29, 1.82) is 0 Å². The van der Waals surface area contributed by atoms with Gasteiger partial charge in [-0.25, -0.2) is 9.97 Å². The first-order chi connectivity index (χ1) is 6.97. The summed E-state index contributed by atoms with van der Waals surface area (Å²) in [5.41, 5.74) is 7.76. The van der Waals surface area contributed by atoms with Crippen LogP contribution in [-0.4, -0.2) is 14.5 Å². The lowest BCUT2D eigenvalue weighted by Crippen LogP contribution is -2.17. The van der Waals surface area contributed by atoms with E-state index in [1.807, 2.05) is 16.7 Å². The summed E-state index contributed by atoms with van der Waals surface area (Å²) >= 11 is 0. The summed E-state index contributed by atoms with van der Waals surface area (Å²) in [5, 5.41) is 0. The number of hydrogen-bond donors (Lipinski definition) is 1. The first kappa shape index (κ1) is 9.96. The van der Waals surface area contributed by atoms with Gasteiger partial charge in [0.2, 0.25) is 5.95 Å². The highest BCUT2D eigenvalue weighted by molar-refractivity contribution is 5.73. The molecule has 0 aliphatic heterocycles. The third-order valence-electron chi connectivity index (χ3n) is 2.17. The molecule has 0 radical (unpaired) electrons. The Labute approximate surface area is 89.1 Å². The summed E-state index contributed by atoms with van der Waals surface area (Å²) in [6.45, 7) is 7.33. The van der Waals surface area contributed by atoms with Crippen molar-refractivity contribution in [2.24, 2.45) is 5.41 Å². The van der Waals surface area contributed by atoms with Gasteiger partial charge in [-0.1, -0.05) is 20.8 Å². The zero-order valence-electron chi connectivity index (χ0n) is 9.36. The van der Waals surface area contributed by atoms with Gasteiger partial charge in [0.15, 0.2) is 5.65 Å². The van der Waals surface area contributed by atoms with Gasteiger partial charge in [-0.3, -0.25) is 4.57 Å². The van der Waals surface area contributed by atoms with Gasteiger partial charge >= 0.3 is 0 Å². The molecule has 2 rings (SSSR count). The van der Waals surface area contributed by atoms with E-state index in [1.165, 1.54) is 0 Å². The number of nitrogens with two attached hydrogens (primary N) is 1. The van der Waals surface area contributed by atoms with E-state index in [0.717, 1.165) is 17.7 Å². The second-order valence-corrected chi connectivity index (χ2v) is 4.96. The maximum Gasteiger partial charge on any atom is 0.202 e. The third kappa shape index (κ3) is 1.93. The first-order valence-corrected chi connectivity index (χ1v) is 5.04. The van der Waals surface area contributed by atoms with Crippen LogP contribution in [0.15, 0.2) is 18.3 Å². The van der Waals surface area contributed by atoms with Crippen LogP contribution in [0, 0.1) is 5.41 Å². The zero-order valence-corrected chi connectivity index (χ0v) is 9.36. The van der Waals surface area contributed by atoms with Crippen LogP contribution in [0.1, 0.15) is 20.8 Å². The minimum atomic E-state index is 0.166. The number of rotatable bonds is 1. The fraction of sp³-hybridized carbons (Fsp3) is 0.455. The lowest BCUT2D eigenvalue weighted by molar-refractivity contribution is 0.350. The van der Waals surface area contributed by atoms with Gasteiger partial charge in [-0.15, -0.1) is 0 Å². The van der Waals surface area contributed by atoms with Gasteiger partial charge in [0.05, 0.1) is 0 Å². The summed E-state index contributed by atoms with van der Waals surface area (Å²) < 4.78 is 1.97. The maximum absolute atomic E-state index is 5.87. The average molecular weight is 204 g/mol. The lowest BCUT2D eigenvalue weighted by atomic mass is 9.97. The van der Waals surface area contributed by atoms with Crippen molar-refractivity contribution < 1.29 is 0 Å². The predicted molar refractivity (Wildman–Crippen MR) is 61.4 cm³/mol. The molecule has 2 aromatic heterocycles. The summed E-state index contributed by atoms with van der Waals surface area (Å²) in [7, 11) is 0. The molecule has 2 N–H and O–H groups in total. The van der Waals surface area contributed by atoms with Crippen LogP contribution in [0.2, 0.25) is 0 Å². The Balaban J connectivity index is 2.54. The molecular weight excluding hydrogens is 188 g/mol. The molecule has 4 nitrogen and oxygen atoms in total. The van der Waals surface area contributed by atoms with E-state index >= 15 is 0 Å². The van der Waals surface area contributed by atoms with Crippen LogP contribution >= 0.6 is 0 Å². The summed E-state index contributed by atoms with van der Waals surface area (Å²) in [6, 6.07) is 3.80. The van der Waals surface area contributed by atoms with E-state index in [2.05, 4.69) is 30.7 Å². The number of anilines is 1. The van der Waals surface area contributed by atoms with Crippen LogP contribution in [0.4, 0.5) is 5.95 Å². The molecule has 0 amide bonds. The minimum absolute atomic E-state index is 0.166. The number of fused-ring (bicyclic) bond motifs is 1. The quantitative estimate of drug-likeness (QED) is 0.773. The molecule has 0 atom stereocenters. The minimum Gasteiger partial charge on any atom is -0.369 e. The van der Waals surface area contributed by atoms with Crippen molar-refractivity contribution in [3.05, 3.63) is 18.3 Å². The van der Waals surface area contributed by atoms with Gasteiger partial charge in [-0.2, -0.15) is 0 Å². The highest BCUT2D eigenvalue weighted by Gasteiger charge is 2.16. The number of pyridine rings is 1. The third-order valence-corrected chi connectivity index (χ3v) is 2.17. The van der Waals surface area contributed by atoms with Gasteiger partial charge in [0.1, 0.15) is 5.52 Å². The van der Waals surface area contributed by atoms with Crippen LogP contribution < -0.4 is 5.73 Å². The summed E-state index contributed by atoms with van der Waals surface area (Å²) in [5.74, 6) is 0.540. The topological polar surface area (TPSA) is 56.7 Å². The smallest absolute Gasteiger partial charge is 0.202 e. The van der Waals surface area contributed by atoms with Gasteiger partial charge < -0.3 is 5.73 Å². The van der Waals surface area contributed by atoms with Gasteiger partial charge in [0.25, 0.3) is 0 Å². The number of nitrogen functional groups attached to an aromatic ring is 1. The average Bonchev–Trinajstić information content (AvgIpc) is 2.41. The fourth-order valence-corrected chi connectivity index (χ4v) is 1.61. The number of imidazole rings is 1. The Kier molecular flexibility index (Phi) is 2.14. The molecule has 0 aliphatic rings. The molecule has 0 spiro atoms. The van der Waals surface area contributed by atoms with Crippen molar-refractivity contribution in [3.63, 3.8) is 0 Å². The molecule has 0 aromatic carbocycles. The zero-order chi connectivity index (χ0) is 11.1. The van der Waals surface area contributed by atoms with Gasteiger partial charge in [-0.05, 0) is 17.5 Å².